The minimum atomic E-state index is -3.96. The highest BCUT2D eigenvalue weighted by Gasteiger charge is 2.89. The molecule has 0 saturated carbocycles. The molecule has 1 aromatic carbocycles. The lowest BCUT2D eigenvalue weighted by Gasteiger charge is -2.62. The maximum Gasteiger partial charge on any atom is 0.367 e. The van der Waals surface area contributed by atoms with Gasteiger partial charge in [0.15, 0.2) is 28.7 Å². The van der Waals surface area contributed by atoms with Gasteiger partial charge in [0, 0.05) is 6.20 Å². The first-order chi connectivity index (χ1) is 18.0. The van der Waals surface area contributed by atoms with E-state index < -0.39 is 63.5 Å². The standard InChI is InChI=1S/C26H28ClNO11/c1-14(30)22(13-29)23(34,15(2)31)24(35,16(3)32)25(36,17(4)33)26(37,39-22)38-19-10-8-18(9-11-19)21(27)20-7-5-6-12-28-20/h5-12,21,29,34-37H,13H2,1-4H3/t21?,22-,23-,24-,25+,26+/m0/s1. The van der Waals surface area contributed by atoms with Gasteiger partial charge in [-0.2, -0.15) is 0 Å². The van der Waals surface area contributed by atoms with Crippen molar-refractivity contribution in [3.63, 3.8) is 0 Å². The Kier molecular flexibility index (Phi) is 7.91. The van der Waals surface area contributed by atoms with Crippen molar-refractivity contribution in [3.8, 4) is 5.75 Å². The zero-order chi connectivity index (χ0) is 29.6. The second kappa shape index (κ2) is 10.1. The maximum atomic E-state index is 12.9. The molecule has 0 bridgehead atoms. The first-order valence-corrected chi connectivity index (χ1v) is 12.0. The van der Waals surface area contributed by atoms with E-state index in [2.05, 4.69) is 4.98 Å². The number of hydrogen-bond acceptors (Lipinski definition) is 12. The third-order valence-electron chi connectivity index (χ3n) is 7.10. The molecule has 39 heavy (non-hydrogen) atoms. The molecule has 2 heterocycles. The first kappa shape index (κ1) is 30.4. The molecule has 1 aromatic heterocycles. The molecule has 6 atom stereocenters. The van der Waals surface area contributed by atoms with Crippen molar-refractivity contribution in [1.29, 1.82) is 0 Å². The molecule has 210 valence electrons. The van der Waals surface area contributed by atoms with E-state index in [-0.39, 0.29) is 5.75 Å². The second-order valence-electron chi connectivity index (χ2n) is 9.31. The number of Topliss-reactive ketones (excluding diaryl/α,β-unsaturated/α-hetero) is 4. The van der Waals surface area contributed by atoms with E-state index in [1.54, 1.807) is 24.4 Å². The Balaban J connectivity index is 2.22. The summed E-state index contributed by atoms with van der Waals surface area (Å²) in [7, 11) is 0. The second-order valence-corrected chi connectivity index (χ2v) is 9.75. The maximum absolute atomic E-state index is 12.9. The number of nitrogens with zero attached hydrogens (tertiary/aromatic N) is 1. The Morgan fingerprint density at radius 2 is 1.38 bits per heavy atom. The summed E-state index contributed by atoms with van der Waals surface area (Å²) in [6.45, 7) is 0.947. The Morgan fingerprint density at radius 1 is 0.846 bits per heavy atom. The Morgan fingerprint density at radius 3 is 1.79 bits per heavy atom. The van der Waals surface area contributed by atoms with Crippen LogP contribution in [0.2, 0.25) is 0 Å². The lowest BCUT2D eigenvalue weighted by atomic mass is 9.55. The number of aliphatic hydroxyl groups is 5. The SMILES string of the molecule is CC(=O)[C@]1(O)[C@](O)(C(C)=O)[C@](CO)(C(C)=O)O[C@](O)(Oc2ccc(C(Cl)c3ccccn3)cc2)[C@@]1(O)C(C)=O. The van der Waals surface area contributed by atoms with Gasteiger partial charge in [0.1, 0.15) is 11.1 Å². The molecular weight excluding hydrogens is 538 g/mol. The smallest absolute Gasteiger partial charge is 0.367 e. The number of aromatic nitrogens is 1. The molecule has 1 fully saturated rings. The molecule has 3 rings (SSSR count). The van der Waals surface area contributed by atoms with Gasteiger partial charge in [0.25, 0.3) is 5.60 Å². The highest BCUT2D eigenvalue weighted by Crippen LogP contribution is 2.55. The van der Waals surface area contributed by atoms with Crippen molar-refractivity contribution in [2.45, 2.75) is 61.4 Å². The van der Waals surface area contributed by atoms with Crippen LogP contribution in [0.1, 0.15) is 44.3 Å². The monoisotopic (exact) mass is 565 g/mol. The molecule has 12 nitrogen and oxygen atoms in total. The van der Waals surface area contributed by atoms with Crippen molar-refractivity contribution in [1.82, 2.24) is 4.98 Å². The zero-order valence-electron chi connectivity index (χ0n) is 21.4. The van der Waals surface area contributed by atoms with Crippen molar-refractivity contribution in [3.05, 3.63) is 59.9 Å². The van der Waals surface area contributed by atoms with Crippen LogP contribution < -0.4 is 4.74 Å². The average molecular weight is 566 g/mol. The van der Waals surface area contributed by atoms with Crippen molar-refractivity contribution in [2.75, 3.05) is 6.61 Å². The van der Waals surface area contributed by atoms with E-state index in [1.807, 2.05) is 0 Å². The molecule has 1 saturated heterocycles. The van der Waals surface area contributed by atoms with E-state index in [9.17, 15) is 44.7 Å². The van der Waals surface area contributed by atoms with Gasteiger partial charge in [-0.15, -0.1) is 11.6 Å². The van der Waals surface area contributed by atoms with Crippen LogP contribution in [0, 0.1) is 0 Å². The van der Waals surface area contributed by atoms with Crippen LogP contribution in [-0.2, 0) is 23.9 Å². The quantitative estimate of drug-likeness (QED) is 0.197. The highest BCUT2D eigenvalue weighted by molar-refractivity contribution is 6.22. The number of pyridine rings is 1. The van der Waals surface area contributed by atoms with Crippen LogP contribution in [-0.4, -0.2) is 88.6 Å². The summed E-state index contributed by atoms with van der Waals surface area (Å²) >= 11 is 6.46. The minimum absolute atomic E-state index is 0.347. The molecule has 0 radical (unpaired) electrons. The highest BCUT2D eigenvalue weighted by atomic mass is 35.5. The minimum Gasteiger partial charge on any atom is -0.437 e. The number of carbonyl (C=O) groups is 4. The fraction of sp³-hybridized carbons (Fsp3) is 0.423. The lowest BCUT2D eigenvalue weighted by Crippen LogP contribution is -2.94. The van der Waals surface area contributed by atoms with E-state index in [0.29, 0.717) is 32.0 Å². The Bertz CT molecular complexity index is 1300. The van der Waals surface area contributed by atoms with Gasteiger partial charge < -0.3 is 30.3 Å². The molecule has 1 aliphatic heterocycles. The number of rotatable bonds is 9. The number of halogens is 1. The number of alkyl halides is 1. The van der Waals surface area contributed by atoms with Crippen LogP contribution in [0.5, 0.6) is 5.75 Å². The third kappa shape index (κ3) is 4.02. The number of benzene rings is 1. The number of ketones is 4. The van der Waals surface area contributed by atoms with E-state index in [0.717, 1.165) is 6.92 Å². The average Bonchev–Trinajstić information content (AvgIpc) is 2.89. The predicted molar refractivity (Wildman–Crippen MR) is 132 cm³/mol. The molecule has 1 unspecified atom stereocenters. The van der Waals surface area contributed by atoms with Gasteiger partial charge in [-0.3, -0.25) is 28.9 Å². The zero-order valence-corrected chi connectivity index (χ0v) is 22.2. The molecular formula is C26H28ClNO11. The van der Waals surface area contributed by atoms with Crippen molar-refractivity contribution < 1.29 is 54.2 Å². The normalized spacial score (nSPS) is 33.2. The predicted octanol–water partition coefficient (Wildman–Crippen LogP) is -0.255. The van der Waals surface area contributed by atoms with Crippen LogP contribution in [0.3, 0.4) is 0 Å². The molecule has 2 aromatic rings. The summed E-state index contributed by atoms with van der Waals surface area (Å²) in [4.78, 5) is 55.4. The summed E-state index contributed by atoms with van der Waals surface area (Å²) in [5, 5.41) is 55.6. The molecule has 0 amide bonds. The van der Waals surface area contributed by atoms with Gasteiger partial charge >= 0.3 is 5.97 Å². The summed E-state index contributed by atoms with van der Waals surface area (Å²) in [5.74, 6) is -10.3. The summed E-state index contributed by atoms with van der Waals surface area (Å²) in [5.41, 5.74) is -13.9. The third-order valence-corrected chi connectivity index (χ3v) is 7.57. The topological polar surface area (TPSA) is 201 Å². The lowest BCUT2D eigenvalue weighted by molar-refractivity contribution is -0.480. The van der Waals surface area contributed by atoms with Crippen LogP contribution in [0.4, 0.5) is 0 Å². The number of ether oxygens (including phenoxy) is 2. The molecule has 0 aliphatic carbocycles. The number of hydrogen-bond donors (Lipinski definition) is 5. The van der Waals surface area contributed by atoms with Crippen LogP contribution in [0.15, 0.2) is 48.7 Å². The number of carbonyl (C=O) groups excluding carboxylic acids is 4. The van der Waals surface area contributed by atoms with Crippen molar-refractivity contribution >= 4 is 34.7 Å². The first-order valence-electron chi connectivity index (χ1n) is 11.6. The van der Waals surface area contributed by atoms with Crippen LogP contribution in [0.25, 0.3) is 0 Å². The molecule has 13 heteroatoms. The number of aliphatic hydroxyl groups excluding tert-OH is 1. The molecule has 1 aliphatic rings. The van der Waals surface area contributed by atoms with E-state index in [4.69, 9.17) is 21.1 Å². The fourth-order valence-electron chi connectivity index (χ4n) is 4.93. The van der Waals surface area contributed by atoms with Crippen molar-refractivity contribution in [2.24, 2.45) is 0 Å². The Labute approximate surface area is 227 Å². The molecule has 0 spiro atoms. The summed E-state index contributed by atoms with van der Waals surface area (Å²) < 4.78 is 10.7. The Hall–Kier alpha value is -3.10. The summed E-state index contributed by atoms with van der Waals surface area (Å²) in [6, 6.07) is 10.4. The molecule has 5 N–H and O–H groups in total. The largest absolute Gasteiger partial charge is 0.437 e. The van der Waals surface area contributed by atoms with E-state index in [1.165, 1.54) is 24.3 Å². The summed E-state index contributed by atoms with van der Waals surface area (Å²) in [6.07, 6.45) is 1.54. The van der Waals surface area contributed by atoms with Gasteiger partial charge in [0.05, 0.1) is 12.3 Å². The van der Waals surface area contributed by atoms with Crippen LogP contribution >= 0.6 is 11.6 Å². The van der Waals surface area contributed by atoms with Gasteiger partial charge in [-0.05, 0) is 57.5 Å². The van der Waals surface area contributed by atoms with Gasteiger partial charge in [-0.1, -0.05) is 18.2 Å². The van der Waals surface area contributed by atoms with Gasteiger partial charge in [0.2, 0.25) is 11.2 Å². The van der Waals surface area contributed by atoms with E-state index >= 15 is 0 Å². The fourth-order valence-corrected chi connectivity index (χ4v) is 5.21. The van der Waals surface area contributed by atoms with Gasteiger partial charge in [-0.25, -0.2) is 0 Å².